The summed E-state index contributed by atoms with van der Waals surface area (Å²) in [4.78, 5) is 0. The Labute approximate surface area is 132 Å². The van der Waals surface area contributed by atoms with Crippen LogP contribution in [-0.4, -0.2) is 14.2 Å². The molecule has 0 heterocycles. The zero-order chi connectivity index (χ0) is 16.1. The second kappa shape index (κ2) is 7.00. The average Bonchev–Trinajstić information content (AvgIpc) is 2.54. The maximum absolute atomic E-state index is 9.62. The van der Waals surface area contributed by atoms with E-state index in [9.17, 15) is 5.26 Å². The summed E-state index contributed by atoms with van der Waals surface area (Å²) in [7, 11) is 3.28. The van der Waals surface area contributed by atoms with E-state index in [0.29, 0.717) is 6.42 Å². The number of nitriles is 1. The summed E-state index contributed by atoms with van der Waals surface area (Å²) in [5.74, 6) is 1.35. The van der Waals surface area contributed by atoms with Gasteiger partial charge in [0.2, 0.25) is 0 Å². The fourth-order valence-corrected chi connectivity index (χ4v) is 2.62. The molecule has 1 atom stereocenters. The minimum absolute atomic E-state index is 0.207. The van der Waals surface area contributed by atoms with Crippen molar-refractivity contribution in [2.45, 2.75) is 26.2 Å². The molecule has 22 heavy (non-hydrogen) atoms. The van der Waals surface area contributed by atoms with Crippen LogP contribution in [0.2, 0.25) is 0 Å². The van der Waals surface area contributed by atoms with Crippen molar-refractivity contribution in [3.05, 3.63) is 58.7 Å². The van der Waals surface area contributed by atoms with E-state index in [0.717, 1.165) is 28.2 Å². The fraction of sp³-hybridized carbons (Fsp3) is 0.316. The van der Waals surface area contributed by atoms with Gasteiger partial charge in [-0.05, 0) is 55.2 Å². The van der Waals surface area contributed by atoms with Crippen LogP contribution in [0.15, 0.2) is 36.4 Å². The Hall–Kier alpha value is -2.47. The van der Waals surface area contributed by atoms with Gasteiger partial charge in [-0.15, -0.1) is 0 Å². The van der Waals surface area contributed by atoms with E-state index in [1.54, 1.807) is 14.2 Å². The van der Waals surface area contributed by atoms with Crippen LogP contribution in [0.25, 0.3) is 0 Å². The van der Waals surface area contributed by atoms with Crippen molar-refractivity contribution in [2.24, 2.45) is 0 Å². The second-order valence-corrected chi connectivity index (χ2v) is 5.42. The number of aryl methyl sites for hydroxylation is 2. The van der Waals surface area contributed by atoms with Crippen molar-refractivity contribution in [3.8, 4) is 17.6 Å². The highest BCUT2D eigenvalue weighted by Crippen LogP contribution is 2.31. The first kappa shape index (κ1) is 15.9. The SMILES string of the molecule is COc1ccc(OC)c(CC(C#N)c2cc(C)ccc2C)c1. The molecule has 0 aliphatic heterocycles. The number of benzene rings is 2. The van der Waals surface area contributed by atoms with E-state index >= 15 is 0 Å². The Morgan fingerprint density at radius 2 is 1.82 bits per heavy atom. The van der Waals surface area contributed by atoms with Crippen molar-refractivity contribution in [1.82, 2.24) is 0 Å². The smallest absolute Gasteiger partial charge is 0.122 e. The molecule has 0 aliphatic carbocycles. The van der Waals surface area contributed by atoms with E-state index in [4.69, 9.17) is 9.47 Å². The van der Waals surface area contributed by atoms with Crippen LogP contribution in [0.5, 0.6) is 11.5 Å². The average molecular weight is 295 g/mol. The third kappa shape index (κ3) is 3.40. The molecule has 0 saturated carbocycles. The molecule has 0 fully saturated rings. The standard InChI is InChI=1S/C19H21NO2/c1-13-5-6-14(2)18(9-13)16(12-20)10-15-11-17(21-3)7-8-19(15)22-4/h5-9,11,16H,10H2,1-4H3. The summed E-state index contributed by atoms with van der Waals surface area (Å²) in [6, 6.07) is 14.3. The van der Waals surface area contributed by atoms with Gasteiger partial charge in [0.05, 0.1) is 26.2 Å². The Kier molecular flexibility index (Phi) is 5.06. The molecule has 0 radical (unpaired) electrons. The molecule has 3 nitrogen and oxygen atoms in total. The molecule has 0 N–H and O–H groups in total. The molecule has 3 heteroatoms. The molecule has 2 rings (SSSR count). The topological polar surface area (TPSA) is 42.2 Å². The van der Waals surface area contributed by atoms with Gasteiger partial charge < -0.3 is 9.47 Å². The van der Waals surface area contributed by atoms with Crippen molar-refractivity contribution >= 4 is 0 Å². The lowest BCUT2D eigenvalue weighted by Crippen LogP contribution is -2.05. The van der Waals surface area contributed by atoms with E-state index in [1.165, 1.54) is 5.56 Å². The molecule has 0 bridgehead atoms. The Morgan fingerprint density at radius 1 is 1.05 bits per heavy atom. The van der Waals surface area contributed by atoms with E-state index < -0.39 is 0 Å². The first-order valence-electron chi connectivity index (χ1n) is 7.26. The van der Waals surface area contributed by atoms with Crippen LogP contribution in [-0.2, 0) is 6.42 Å². The third-order valence-corrected chi connectivity index (χ3v) is 3.88. The van der Waals surface area contributed by atoms with Crippen LogP contribution in [0.1, 0.15) is 28.2 Å². The quantitative estimate of drug-likeness (QED) is 0.831. The summed E-state index contributed by atoms with van der Waals surface area (Å²) >= 11 is 0. The van der Waals surface area contributed by atoms with Crippen LogP contribution < -0.4 is 9.47 Å². The lowest BCUT2D eigenvalue weighted by Gasteiger charge is -2.16. The van der Waals surface area contributed by atoms with Gasteiger partial charge in [-0.2, -0.15) is 5.26 Å². The molecular weight excluding hydrogens is 274 g/mol. The van der Waals surface area contributed by atoms with E-state index in [1.807, 2.05) is 32.0 Å². The maximum atomic E-state index is 9.62. The highest BCUT2D eigenvalue weighted by atomic mass is 16.5. The molecule has 114 valence electrons. The van der Waals surface area contributed by atoms with Gasteiger partial charge in [0.15, 0.2) is 0 Å². The van der Waals surface area contributed by atoms with Crippen molar-refractivity contribution in [3.63, 3.8) is 0 Å². The number of hydrogen-bond acceptors (Lipinski definition) is 3. The van der Waals surface area contributed by atoms with Gasteiger partial charge in [-0.3, -0.25) is 0 Å². The van der Waals surface area contributed by atoms with E-state index in [-0.39, 0.29) is 5.92 Å². The second-order valence-electron chi connectivity index (χ2n) is 5.42. The molecule has 0 aromatic heterocycles. The summed E-state index contributed by atoms with van der Waals surface area (Å²) in [5, 5.41) is 9.62. The molecular formula is C19H21NO2. The Bertz CT molecular complexity index is 701. The zero-order valence-electron chi connectivity index (χ0n) is 13.5. The van der Waals surface area contributed by atoms with Crippen molar-refractivity contribution in [1.29, 1.82) is 5.26 Å². The first-order chi connectivity index (χ1) is 10.6. The number of ether oxygens (including phenoxy) is 2. The maximum Gasteiger partial charge on any atom is 0.122 e. The number of hydrogen-bond donors (Lipinski definition) is 0. The number of nitrogens with zero attached hydrogens (tertiary/aromatic N) is 1. The van der Waals surface area contributed by atoms with Gasteiger partial charge >= 0.3 is 0 Å². The van der Waals surface area contributed by atoms with Crippen LogP contribution >= 0.6 is 0 Å². The van der Waals surface area contributed by atoms with Gasteiger partial charge in [-0.1, -0.05) is 23.8 Å². The molecule has 1 unspecified atom stereocenters. The molecule has 2 aromatic rings. The summed E-state index contributed by atoms with van der Waals surface area (Å²) in [6.07, 6.45) is 0.598. The van der Waals surface area contributed by atoms with Crippen molar-refractivity contribution in [2.75, 3.05) is 14.2 Å². The monoisotopic (exact) mass is 295 g/mol. The molecule has 2 aromatic carbocycles. The van der Waals surface area contributed by atoms with E-state index in [2.05, 4.69) is 24.3 Å². The fourth-order valence-electron chi connectivity index (χ4n) is 2.62. The van der Waals surface area contributed by atoms with Gasteiger partial charge in [-0.25, -0.2) is 0 Å². The molecule has 0 aliphatic rings. The minimum atomic E-state index is -0.207. The predicted octanol–water partition coefficient (Wildman–Crippen LogP) is 4.17. The highest BCUT2D eigenvalue weighted by molar-refractivity contribution is 5.44. The van der Waals surface area contributed by atoms with Gasteiger partial charge in [0.1, 0.15) is 11.5 Å². The molecule has 0 amide bonds. The molecule has 0 saturated heterocycles. The Morgan fingerprint density at radius 3 is 2.45 bits per heavy atom. The minimum Gasteiger partial charge on any atom is -0.497 e. The zero-order valence-corrected chi connectivity index (χ0v) is 13.5. The summed E-state index contributed by atoms with van der Waals surface area (Å²) in [6.45, 7) is 4.09. The lowest BCUT2D eigenvalue weighted by atomic mass is 9.89. The summed E-state index contributed by atoms with van der Waals surface area (Å²) in [5.41, 5.74) is 4.36. The van der Waals surface area contributed by atoms with Crippen LogP contribution in [0.3, 0.4) is 0 Å². The van der Waals surface area contributed by atoms with Crippen LogP contribution in [0.4, 0.5) is 0 Å². The number of rotatable bonds is 5. The third-order valence-electron chi connectivity index (χ3n) is 3.88. The number of methoxy groups -OCH3 is 2. The van der Waals surface area contributed by atoms with Crippen LogP contribution in [0, 0.1) is 25.2 Å². The van der Waals surface area contributed by atoms with Gasteiger partial charge in [0.25, 0.3) is 0 Å². The largest absolute Gasteiger partial charge is 0.497 e. The predicted molar refractivity (Wildman–Crippen MR) is 87.5 cm³/mol. The lowest BCUT2D eigenvalue weighted by molar-refractivity contribution is 0.398. The highest BCUT2D eigenvalue weighted by Gasteiger charge is 2.17. The van der Waals surface area contributed by atoms with Crippen molar-refractivity contribution < 1.29 is 9.47 Å². The first-order valence-corrected chi connectivity index (χ1v) is 7.26. The Balaban J connectivity index is 2.39. The summed E-state index contributed by atoms with van der Waals surface area (Å²) < 4.78 is 10.7. The normalized spacial score (nSPS) is 11.6. The molecule has 0 spiro atoms. The van der Waals surface area contributed by atoms with Gasteiger partial charge in [0, 0.05) is 0 Å².